The van der Waals surface area contributed by atoms with Gasteiger partial charge >= 0.3 is 0 Å². The van der Waals surface area contributed by atoms with Gasteiger partial charge in [0.2, 0.25) is 5.91 Å². The number of likely N-dealkylation sites (tertiary alicyclic amines) is 1. The maximum absolute atomic E-state index is 13.3. The Kier molecular flexibility index (Phi) is 6.83. The Morgan fingerprint density at radius 1 is 0.970 bits per heavy atom. The van der Waals surface area contributed by atoms with Gasteiger partial charge in [-0.05, 0) is 23.3 Å². The summed E-state index contributed by atoms with van der Waals surface area (Å²) in [6.45, 7) is 3.92. The number of nitrogens with one attached hydrogen (secondary N) is 2. The molecule has 0 spiro atoms. The van der Waals surface area contributed by atoms with Gasteiger partial charge in [0.15, 0.2) is 0 Å². The summed E-state index contributed by atoms with van der Waals surface area (Å²) in [5.74, 6) is -1.77. The average Bonchev–Trinajstić information content (AvgIpc) is 2.82. The van der Waals surface area contributed by atoms with Gasteiger partial charge in [0.1, 0.15) is 17.6 Å². The minimum Gasteiger partial charge on any atom is -0.352 e. The van der Waals surface area contributed by atoms with Crippen LogP contribution in [0.3, 0.4) is 0 Å². The number of aromatic nitrogens is 2. The van der Waals surface area contributed by atoms with Gasteiger partial charge in [0.25, 0.3) is 5.92 Å². The third kappa shape index (κ3) is 5.81. The fourth-order valence-corrected chi connectivity index (χ4v) is 4.22. The van der Waals surface area contributed by atoms with E-state index in [1.807, 2.05) is 34.1 Å². The van der Waals surface area contributed by atoms with Crippen LogP contribution in [0.1, 0.15) is 24.0 Å². The third-order valence-electron chi connectivity index (χ3n) is 6.30. The largest absolute Gasteiger partial charge is 0.352 e. The van der Waals surface area contributed by atoms with E-state index in [1.165, 1.54) is 4.68 Å². The van der Waals surface area contributed by atoms with Crippen LogP contribution in [0.2, 0.25) is 0 Å². The van der Waals surface area contributed by atoms with Crippen LogP contribution in [0.5, 0.6) is 0 Å². The summed E-state index contributed by atoms with van der Waals surface area (Å²) in [4.78, 5) is 18.7. The molecule has 0 saturated carbocycles. The van der Waals surface area contributed by atoms with E-state index in [0.29, 0.717) is 58.1 Å². The van der Waals surface area contributed by atoms with Crippen molar-refractivity contribution in [2.24, 2.45) is 0 Å². The molecule has 2 fully saturated rings. The third-order valence-corrected chi connectivity index (χ3v) is 6.30. The monoisotopic (exact) mass is 457 g/mol. The van der Waals surface area contributed by atoms with Gasteiger partial charge in [0, 0.05) is 58.7 Å². The van der Waals surface area contributed by atoms with Crippen molar-refractivity contribution in [3.63, 3.8) is 0 Å². The molecule has 1 aromatic heterocycles. The van der Waals surface area contributed by atoms with Crippen LogP contribution < -0.4 is 10.4 Å². The molecule has 0 radical (unpaired) electrons. The summed E-state index contributed by atoms with van der Waals surface area (Å²) >= 11 is 0. The second kappa shape index (κ2) is 9.78. The molecule has 2 aromatic rings. The van der Waals surface area contributed by atoms with E-state index < -0.39 is 5.92 Å². The molecule has 2 N–H and O–H groups in total. The second-order valence-electron chi connectivity index (χ2n) is 8.64. The molecular weight excluding hydrogens is 428 g/mol. The second-order valence-corrected chi connectivity index (χ2v) is 8.64. The van der Waals surface area contributed by atoms with Crippen molar-refractivity contribution in [3.05, 3.63) is 53.0 Å². The van der Waals surface area contributed by atoms with Gasteiger partial charge in [-0.2, -0.15) is 0 Å². The van der Waals surface area contributed by atoms with E-state index in [9.17, 15) is 13.6 Å². The molecule has 2 saturated heterocycles. The molecule has 10 heteroatoms. The first-order valence-electron chi connectivity index (χ1n) is 11.2. The van der Waals surface area contributed by atoms with Crippen LogP contribution in [0.25, 0.3) is 0 Å². The van der Waals surface area contributed by atoms with Gasteiger partial charge in [-0.3, -0.25) is 20.5 Å². The van der Waals surface area contributed by atoms with Crippen LogP contribution in [0.4, 0.5) is 14.6 Å². The van der Waals surface area contributed by atoms with Crippen molar-refractivity contribution in [3.8, 4) is 0 Å². The number of carbonyl (C=O) groups excluding carboxylic acids is 1. The predicted octanol–water partition coefficient (Wildman–Crippen LogP) is 1.94. The van der Waals surface area contributed by atoms with E-state index in [4.69, 9.17) is 10.8 Å². The number of hydrogen-bond acceptors (Lipinski definition) is 6. The van der Waals surface area contributed by atoms with Crippen LogP contribution >= 0.6 is 0 Å². The topological polar surface area (TPSA) is 92.3 Å². The number of halogens is 2. The number of carbonyl (C=O) groups is 1. The summed E-state index contributed by atoms with van der Waals surface area (Å²) < 4.78 is 27.8. The molecule has 0 bridgehead atoms. The Labute approximate surface area is 191 Å². The first-order chi connectivity index (χ1) is 15.8. The zero-order valence-corrected chi connectivity index (χ0v) is 18.5. The molecule has 176 valence electrons. The van der Waals surface area contributed by atoms with E-state index >= 15 is 0 Å². The lowest BCUT2D eigenvalue weighted by atomic mass is 10.0. The number of piperidine rings is 1. The van der Waals surface area contributed by atoms with Crippen molar-refractivity contribution < 1.29 is 13.6 Å². The minimum absolute atomic E-state index is 0.0738. The fraction of sp³-hybridized carbons (Fsp3) is 0.478. The SMILES string of the molecule is N=Cn1nc(N2CCN(C(=O)Cc3ccc(CN4CCC(F)(F)CC4)cc3)CC2)ccc1=N. The standard InChI is InChI=1S/C23H29F2N7O/c24-23(25)7-9-29(10-8-23)16-19-3-1-18(2-4-19)15-22(33)31-13-11-30(12-14-31)21-6-5-20(27)32(17-26)28-21/h1-6,17,26-27H,7-16H2. The molecule has 4 rings (SSSR count). The first kappa shape index (κ1) is 23.0. The molecule has 0 atom stereocenters. The van der Waals surface area contributed by atoms with Crippen molar-refractivity contribution in [2.45, 2.75) is 31.7 Å². The highest BCUT2D eigenvalue weighted by Crippen LogP contribution is 2.28. The van der Waals surface area contributed by atoms with E-state index in [0.717, 1.165) is 17.5 Å². The van der Waals surface area contributed by atoms with E-state index in [2.05, 4.69) is 10.00 Å². The first-order valence-corrected chi connectivity index (χ1v) is 11.2. The molecule has 3 heterocycles. The fourth-order valence-electron chi connectivity index (χ4n) is 4.22. The van der Waals surface area contributed by atoms with Crippen LogP contribution in [-0.2, 0) is 17.8 Å². The average molecular weight is 458 g/mol. The van der Waals surface area contributed by atoms with Crippen molar-refractivity contribution in [1.29, 1.82) is 10.8 Å². The lowest BCUT2D eigenvalue weighted by molar-refractivity contribution is -0.130. The highest BCUT2D eigenvalue weighted by molar-refractivity contribution is 5.79. The molecule has 1 amide bonds. The van der Waals surface area contributed by atoms with Crippen molar-refractivity contribution >= 4 is 18.1 Å². The zero-order chi connectivity index (χ0) is 23.4. The lowest BCUT2D eigenvalue weighted by Gasteiger charge is -2.35. The number of anilines is 1. The Morgan fingerprint density at radius 2 is 1.61 bits per heavy atom. The number of alkyl halides is 2. The summed E-state index contributed by atoms with van der Waals surface area (Å²) in [5.41, 5.74) is 2.15. The molecule has 0 aliphatic carbocycles. The summed E-state index contributed by atoms with van der Waals surface area (Å²) in [6.07, 6.45) is 1.17. The van der Waals surface area contributed by atoms with Gasteiger partial charge < -0.3 is 9.80 Å². The number of piperazine rings is 1. The quantitative estimate of drug-likeness (QED) is 0.512. The lowest BCUT2D eigenvalue weighted by Crippen LogP contribution is -2.49. The maximum Gasteiger partial charge on any atom is 0.250 e. The Bertz CT molecular complexity index is 1040. The minimum atomic E-state index is -2.53. The number of hydrogen-bond donors (Lipinski definition) is 2. The molecular formula is C23H29F2N7O. The number of amides is 1. The normalized spacial score (nSPS) is 18.8. The highest BCUT2D eigenvalue weighted by Gasteiger charge is 2.33. The molecule has 33 heavy (non-hydrogen) atoms. The number of rotatable bonds is 6. The summed E-state index contributed by atoms with van der Waals surface area (Å²) in [7, 11) is 0. The Hall–Kier alpha value is -3.14. The Morgan fingerprint density at radius 3 is 2.24 bits per heavy atom. The molecule has 2 aliphatic rings. The smallest absolute Gasteiger partial charge is 0.250 e. The highest BCUT2D eigenvalue weighted by atomic mass is 19.3. The summed E-state index contributed by atoms with van der Waals surface area (Å²) in [6, 6.07) is 11.2. The number of benzene rings is 1. The van der Waals surface area contributed by atoms with Crippen molar-refractivity contribution in [1.82, 2.24) is 19.6 Å². The van der Waals surface area contributed by atoms with Crippen LogP contribution in [-0.4, -0.2) is 77.0 Å². The van der Waals surface area contributed by atoms with Crippen LogP contribution in [0.15, 0.2) is 36.4 Å². The van der Waals surface area contributed by atoms with Crippen LogP contribution in [0, 0.1) is 10.8 Å². The number of nitrogens with zero attached hydrogens (tertiary/aromatic N) is 5. The van der Waals surface area contributed by atoms with Gasteiger partial charge in [-0.15, -0.1) is 5.10 Å². The van der Waals surface area contributed by atoms with Gasteiger partial charge in [-0.25, -0.2) is 13.5 Å². The van der Waals surface area contributed by atoms with Gasteiger partial charge in [-0.1, -0.05) is 24.3 Å². The molecule has 0 unspecified atom stereocenters. The maximum atomic E-state index is 13.3. The van der Waals surface area contributed by atoms with E-state index in [1.54, 1.807) is 12.1 Å². The molecule has 1 aromatic carbocycles. The predicted molar refractivity (Wildman–Crippen MR) is 121 cm³/mol. The molecule has 2 aliphatic heterocycles. The Balaban J connectivity index is 1.26. The zero-order valence-electron chi connectivity index (χ0n) is 18.5. The summed E-state index contributed by atoms with van der Waals surface area (Å²) in [5, 5.41) is 19.3. The van der Waals surface area contributed by atoms with Crippen molar-refractivity contribution in [2.75, 3.05) is 44.2 Å². The van der Waals surface area contributed by atoms with Gasteiger partial charge in [0.05, 0.1) is 6.42 Å². The molecule has 8 nitrogen and oxygen atoms in total. The van der Waals surface area contributed by atoms with E-state index in [-0.39, 0.29) is 24.2 Å².